The van der Waals surface area contributed by atoms with Crippen molar-refractivity contribution in [3.63, 3.8) is 0 Å². The Labute approximate surface area is 171 Å². The lowest BCUT2D eigenvalue weighted by Crippen LogP contribution is -2.21. The largest absolute Gasteiger partial charge is 0.496 e. The fourth-order valence-corrected chi connectivity index (χ4v) is 3.13. The van der Waals surface area contributed by atoms with E-state index in [1.807, 2.05) is 0 Å². The average molecular weight is 435 g/mol. The number of esters is 1. The molecule has 0 amide bonds. The van der Waals surface area contributed by atoms with Crippen molar-refractivity contribution in [3.8, 4) is 17.0 Å². The summed E-state index contributed by atoms with van der Waals surface area (Å²) in [5.74, 6) is -1.96. The summed E-state index contributed by atoms with van der Waals surface area (Å²) in [5, 5.41) is 13.4. The third-order valence-electron chi connectivity index (χ3n) is 4.30. The molecule has 0 radical (unpaired) electrons. The van der Waals surface area contributed by atoms with Gasteiger partial charge in [-0.15, -0.1) is 0 Å². The third kappa shape index (κ3) is 5.22. The molecule has 1 atom stereocenters. The van der Waals surface area contributed by atoms with Crippen LogP contribution in [0.5, 0.6) is 5.75 Å². The lowest BCUT2D eigenvalue weighted by molar-refractivity contribution is -0.169. The van der Waals surface area contributed by atoms with E-state index in [-0.39, 0.29) is 42.6 Å². The molecule has 0 aliphatic heterocycles. The monoisotopic (exact) mass is 434 g/mol. The van der Waals surface area contributed by atoms with E-state index in [1.165, 1.54) is 23.9 Å². The first-order valence-corrected chi connectivity index (χ1v) is 9.30. The number of halogens is 4. The van der Waals surface area contributed by atoms with E-state index < -0.39 is 18.1 Å². The molecule has 0 saturated carbocycles. The minimum atomic E-state index is -4.30. The number of alkyl halides is 3. The first-order valence-electron chi connectivity index (χ1n) is 8.92. The number of benzene rings is 1. The molecule has 1 N–H and O–H groups in total. The molecule has 6 nitrogen and oxygen atoms in total. The van der Waals surface area contributed by atoms with Gasteiger partial charge in [0.05, 0.1) is 38.5 Å². The molecule has 0 aliphatic rings. The number of carbonyl (C=O) groups excluding carboxylic acids is 1. The van der Waals surface area contributed by atoms with Crippen molar-refractivity contribution >= 4 is 17.6 Å². The molecule has 0 fully saturated rings. The molecule has 0 saturated heterocycles. The predicted molar refractivity (Wildman–Crippen MR) is 101 cm³/mol. The fourth-order valence-electron chi connectivity index (χ4n) is 2.81. The topological polar surface area (TPSA) is 73.6 Å². The molecule has 10 heteroatoms. The predicted octanol–water partition coefficient (Wildman–Crippen LogP) is 4.12. The summed E-state index contributed by atoms with van der Waals surface area (Å²) in [6.45, 7) is 2.66. The first kappa shape index (κ1) is 23.0. The summed E-state index contributed by atoms with van der Waals surface area (Å²) in [5.41, 5.74) is 1.05. The number of carbonyl (C=O) groups is 1. The van der Waals surface area contributed by atoms with Crippen LogP contribution in [0, 0.1) is 5.92 Å². The summed E-state index contributed by atoms with van der Waals surface area (Å²) in [7, 11) is 1.38. The van der Waals surface area contributed by atoms with Crippen LogP contribution >= 0.6 is 11.6 Å². The van der Waals surface area contributed by atoms with E-state index in [2.05, 4.69) is 5.10 Å². The van der Waals surface area contributed by atoms with E-state index >= 15 is 0 Å². The molecular formula is C19H22ClF3N2O4. The summed E-state index contributed by atoms with van der Waals surface area (Å²) in [4.78, 5) is 12.1. The number of aliphatic hydroxyl groups excluding tert-OH is 1. The number of ether oxygens (including phenoxy) is 2. The highest BCUT2D eigenvalue weighted by molar-refractivity contribution is 6.36. The van der Waals surface area contributed by atoms with Crippen LogP contribution in [0.2, 0.25) is 5.02 Å². The molecular weight excluding hydrogens is 413 g/mol. The second kappa shape index (κ2) is 9.49. The lowest BCUT2D eigenvalue weighted by atomic mass is 9.98. The van der Waals surface area contributed by atoms with Gasteiger partial charge in [0.15, 0.2) is 5.69 Å². The second-order valence-electron chi connectivity index (χ2n) is 6.36. The number of hydrogen-bond donors (Lipinski definition) is 1. The summed E-state index contributed by atoms with van der Waals surface area (Å²) in [6.07, 6.45) is -4.51. The Morgan fingerprint density at radius 2 is 2.07 bits per heavy atom. The maximum absolute atomic E-state index is 12.9. The van der Waals surface area contributed by atoms with Crippen LogP contribution in [-0.4, -0.2) is 47.4 Å². The summed E-state index contributed by atoms with van der Waals surface area (Å²) >= 11 is 6.37. The Bertz CT molecular complexity index is 868. The molecule has 2 rings (SSSR count). The third-order valence-corrected chi connectivity index (χ3v) is 4.65. The van der Waals surface area contributed by atoms with E-state index in [1.54, 1.807) is 13.0 Å². The van der Waals surface area contributed by atoms with E-state index in [0.717, 1.165) is 6.92 Å². The summed E-state index contributed by atoms with van der Waals surface area (Å²) < 4.78 is 50.2. The Morgan fingerprint density at radius 3 is 2.62 bits per heavy atom. The maximum atomic E-state index is 12.9. The molecule has 0 aliphatic carbocycles. The number of rotatable bonds is 8. The maximum Gasteiger partial charge on any atom is 0.391 e. The van der Waals surface area contributed by atoms with Crippen LogP contribution in [0.1, 0.15) is 29.9 Å². The highest BCUT2D eigenvalue weighted by atomic mass is 35.5. The van der Waals surface area contributed by atoms with Gasteiger partial charge in [0.25, 0.3) is 0 Å². The minimum Gasteiger partial charge on any atom is -0.496 e. The van der Waals surface area contributed by atoms with Crippen LogP contribution in [-0.2, 0) is 17.7 Å². The highest BCUT2D eigenvalue weighted by Gasteiger charge is 2.36. The van der Waals surface area contributed by atoms with Gasteiger partial charge < -0.3 is 14.6 Å². The fraction of sp³-hybridized carbons (Fsp3) is 0.474. The molecule has 0 bridgehead atoms. The van der Waals surface area contributed by atoms with Crippen LogP contribution < -0.4 is 4.74 Å². The van der Waals surface area contributed by atoms with Gasteiger partial charge in [0, 0.05) is 5.56 Å². The van der Waals surface area contributed by atoms with Gasteiger partial charge in [0.2, 0.25) is 0 Å². The van der Waals surface area contributed by atoms with Crippen molar-refractivity contribution in [1.29, 1.82) is 0 Å². The van der Waals surface area contributed by atoms with Crippen LogP contribution in [0.15, 0.2) is 18.2 Å². The zero-order chi connectivity index (χ0) is 21.8. The highest BCUT2D eigenvalue weighted by Crippen LogP contribution is 2.38. The molecule has 160 valence electrons. The molecule has 1 aromatic heterocycles. The van der Waals surface area contributed by atoms with Gasteiger partial charge in [-0.3, -0.25) is 4.68 Å². The van der Waals surface area contributed by atoms with Gasteiger partial charge in [-0.05, 0) is 31.0 Å². The lowest BCUT2D eigenvalue weighted by Gasteiger charge is -2.17. The summed E-state index contributed by atoms with van der Waals surface area (Å²) in [6, 6.07) is 4.59. The van der Waals surface area contributed by atoms with Crippen molar-refractivity contribution < 1.29 is 32.5 Å². The zero-order valence-electron chi connectivity index (χ0n) is 16.2. The van der Waals surface area contributed by atoms with Gasteiger partial charge in [-0.2, -0.15) is 18.3 Å². The van der Waals surface area contributed by atoms with Crippen molar-refractivity contribution in [2.24, 2.45) is 5.92 Å². The zero-order valence-corrected chi connectivity index (χ0v) is 17.0. The van der Waals surface area contributed by atoms with Gasteiger partial charge in [-0.1, -0.05) is 24.6 Å². The van der Waals surface area contributed by atoms with Crippen molar-refractivity contribution in [1.82, 2.24) is 9.78 Å². The normalized spacial score (nSPS) is 12.7. The number of methoxy groups -OCH3 is 1. The minimum absolute atomic E-state index is 0.00612. The Kier molecular flexibility index (Phi) is 7.54. The Hall–Kier alpha value is -2.26. The van der Waals surface area contributed by atoms with Gasteiger partial charge in [-0.25, -0.2) is 4.79 Å². The molecule has 2 aromatic rings. The number of hydrogen-bond acceptors (Lipinski definition) is 5. The second-order valence-corrected chi connectivity index (χ2v) is 6.74. The molecule has 0 spiro atoms. The number of nitrogens with zero attached hydrogens (tertiary/aromatic N) is 2. The standard InChI is InChI=1S/C19H22ClF3N2O4/c1-4-29-18(27)16-15(20)17(25(24-16)7-8-26)13-6-5-12(10-14(13)28-3)9-11(2)19(21,22)23/h5-6,10-11,26H,4,7-9H2,1-3H3. The smallest absolute Gasteiger partial charge is 0.391 e. The van der Waals surface area contributed by atoms with Gasteiger partial charge in [0.1, 0.15) is 10.8 Å². The molecule has 1 heterocycles. The van der Waals surface area contributed by atoms with E-state index in [9.17, 15) is 23.1 Å². The van der Waals surface area contributed by atoms with Crippen molar-refractivity contribution in [2.45, 2.75) is 33.0 Å². The molecule has 1 unspecified atom stereocenters. The average Bonchev–Trinajstić information content (AvgIpc) is 2.97. The van der Waals surface area contributed by atoms with E-state index in [0.29, 0.717) is 16.8 Å². The Morgan fingerprint density at radius 1 is 1.38 bits per heavy atom. The van der Waals surface area contributed by atoms with Crippen LogP contribution in [0.25, 0.3) is 11.3 Å². The van der Waals surface area contributed by atoms with Crippen LogP contribution in [0.3, 0.4) is 0 Å². The van der Waals surface area contributed by atoms with Crippen molar-refractivity contribution in [3.05, 3.63) is 34.5 Å². The number of aliphatic hydroxyl groups is 1. The molecule has 29 heavy (non-hydrogen) atoms. The Balaban J connectivity index is 2.51. The van der Waals surface area contributed by atoms with Crippen LogP contribution in [0.4, 0.5) is 13.2 Å². The van der Waals surface area contributed by atoms with Crippen molar-refractivity contribution in [2.75, 3.05) is 20.3 Å². The quantitative estimate of drug-likeness (QED) is 0.632. The molecule has 1 aromatic carbocycles. The number of aromatic nitrogens is 2. The SMILES string of the molecule is CCOC(=O)c1nn(CCO)c(-c2ccc(CC(C)C(F)(F)F)cc2OC)c1Cl. The first-order chi connectivity index (χ1) is 13.6. The van der Waals surface area contributed by atoms with E-state index in [4.69, 9.17) is 21.1 Å². The van der Waals surface area contributed by atoms with Gasteiger partial charge >= 0.3 is 12.1 Å².